The number of halogens is 1. The van der Waals surface area contributed by atoms with Crippen molar-refractivity contribution in [3.05, 3.63) is 11.6 Å². The highest BCUT2D eigenvalue weighted by atomic mass is 35.5. The highest BCUT2D eigenvalue weighted by Gasteiger charge is 2.53. The maximum atomic E-state index is 11.6. The first-order valence-electron chi connectivity index (χ1n) is 7.74. The van der Waals surface area contributed by atoms with E-state index in [-0.39, 0.29) is 28.6 Å². The van der Waals surface area contributed by atoms with Crippen LogP contribution < -0.4 is 5.73 Å². The number of esters is 1. The van der Waals surface area contributed by atoms with Crippen LogP contribution in [0, 0.1) is 5.41 Å². The highest BCUT2D eigenvalue weighted by Crippen LogP contribution is 2.47. The maximum absolute atomic E-state index is 11.6. The Labute approximate surface area is 144 Å². The van der Waals surface area contributed by atoms with E-state index < -0.39 is 12.3 Å². The van der Waals surface area contributed by atoms with Crippen LogP contribution in [0.5, 0.6) is 0 Å². The summed E-state index contributed by atoms with van der Waals surface area (Å²) >= 11 is 5.92. The third-order valence-electron chi connectivity index (χ3n) is 4.48. The number of aromatic nitrogens is 4. The Bertz CT molecular complexity index is 791. The largest absolute Gasteiger partial charge is 0.457 e. The van der Waals surface area contributed by atoms with E-state index in [2.05, 4.69) is 15.0 Å². The molecule has 9 heteroatoms. The minimum atomic E-state index is -0.566. The van der Waals surface area contributed by atoms with Crippen LogP contribution in [-0.2, 0) is 14.3 Å². The van der Waals surface area contributed by atoms with Gasteiger partial charge in [0.25, 0.3) is 0 Å². The second-order valence-electron chi connectivity index (χ2n) is 6.48. The Balaban J connectivity index is 2.11. The summed E-state index contributed by atoms with van der Waals surface area (Å²) in [5.74, 6) is -0.174. The van der Waals surface area contributed by atoms with E-state index in [1.165, 1.54) is 6.92 Å². The molecule has 2 N–H and O–H groups in total. The molecule has 0 aromatic carbocycles. The second kappa shape index (κ2) is 5.86. The van der Waals surface area contributed by atoms with E-state index in [0.717, 1.165) is 6.42 Å². The zero-order valence-corrected chi connectivity index (χ0v) is 14.7. The smallest absolute Gasteiger partial charge is 0.303 e. The molecule has 3 rings (SSSR count). The van der Waals surface area contributed by atoms with Gasteiger partial charge in [0.1, 0.15) is 5.52 Å². The lowest BCUT2D eigenvalue weighted by Crippen LogP contribution is -2.38. The number of imidazole rings is 1. The highest BCUT2D eigenvalue weighted by molar-refractivity contribution is 6.28. The fraction of sp³-hybridized carbons (Fsp3) is 0.600. The molecule has 0 radical (unpaired) electrons. The number of ether oxygens (including phenoxy) is 2. The Morgan fingerprint density at radius 2 is 2.21 bits per heavy atom. The Kier molecular flexibility index (Phi) is 4.13. The summed E-state index contributed by atoms with van der Waals surface area (Å²) in [6.07, 6.45) is 1.20. The Morgan fingerprint density at radius 3 is 2.83 bits per heavy atom. The van der Waals surface area contributed by atoms with Gasteiger partial charge < -0.3 is 15.2 Å². The first-order valence-corrected chi connectivity index (χ1v) is 8.11. The van der Waals surface area contributed by atoms with Crippen LogP contribution >= 0.6 is 11.6 Å². The molecular formula is C15H20ClN5O3. The van der Waals surface area contributed by atoms with Crippen LogP contribution in [0.2, 0.25) is 5.28 Å². The van der Waals surface area contributed by atoms with Gasteiger partial charge in [-0.3, -0.25) is 9.36 Å². The first-order chi connectivity index (χ1) is 11.3. The molecule has 0 spiro atoms. The molecule has 3 atom stereocenters. The summed E-state index contributed by atoms with van der Waals surface area (Å²) < 4.78 is 13.5. The predicted octanol–water partition coefficient (Wildman–Crippen LogP) is 2.33. The van der Waals surface area contributed by atoms with Crippen molar-refractivity contribution in [1.82, 2.24) is 19.5 Å². The topological polar surface area (TPSA) is 105 Å². The van der Waals surface area contributed by atoms with Crippen LogP contribution in [0.3, 0.4) is 0 Å². The number of anilines is 1. The average Bonchev–Trinajstić information content (AvgIpc) is 2.99. The summed E-state index contributed by atoms with van der Waals surface area (Å²) in [5.41, 5.74) is 6.36. The van der Waals surface area contributed by atoms with Gasteiger partial charge in [0.05, 0.1) is 12.4 Å². The van der Waals surface area contributed by atoms with E-state index >= 15 is 0 Å². The van der Waals surface area contributed by atoms with Gasteiger partial charge in [-0.15, -0.1) is 0 Å². The minimum Gasteiger partial charge on any atom is -0.457 e. The normalized spacial score (nSPS) is 26.0. The molecule has 24 heavy (non-hydrogen) atoms. The SMILES string of the molecule is CC[C@H]1O[C@@H](n2cnc3c(N)nc(Cl)nc32)[C@H](OC(C)=O)C1(C)C. The molecule has 3 heterocycles. The van der Waals surface area contributed by atoms with E-state index in [4.69, 9.17) is 26.8 Å². The third kappa shape index (κ3) is 2.59. The van der Waals surface area contributed by atoms with E-state index in [0.29, 0.717) is 11.2 Å². The molecule has 0 aliphatic carbocycles. The van der Waals surface area contributed by atoms with Crippen molar-refractivity contribution in [2.24, 2.45) is 5.41 Å². The van der Waals surface area contributed by atoms with Crippen LogP contribution in [-0.4, -0.2) is 37.7 Å². The van der Waals surface area contributed by atoms with Gasteiger partial charge in [-0.05, 0) is 18.0 Å². The van der Waals surface area contributed by atoms with Gasteiger partial charge in [0, 0.05) is 12.3 Å². The molecule has 1 fully saturated rings. The fourth-order valence-corrected chi connectivity index (χ4v) is 3.46. The van der Waals surface area contributed by atoms with E-state index in [1.807, 2.05) is 20.8 Å². The molecular weight excluding hydrogens is 334 g/mol. The number of nitrogen functional groups attached to an aromatic ring is 1. The van der Waals surface area contributed by atoms with E-state index in [1.54, 1.807) is 10.9 Å². The molecule has 8 nitrogen and oxygen atoms in total. The number of carbonyl (C=O) groups excluding carboxylic acids is 1. The van der Waals surface area contributed by atoms with Gasteiger partial charge in [0.15, 0.2) is 23.8 Å². The molecule has 1 aliphatic rings. The lowest BCUT2D eigenvalue weighted by molar-refractivity contribution is -0.155. The van der Waals surface area contributed by atoms with Crippen LogP contribution in [0.25, 0.3) is 11.2 Å². The summed E-state index contributed by atoms with van der Waals surface area (Å²) in [6.45, 7) is 7.45. The first kappa shape index (κ1) is 16.9. The Hall–Kier alpha value is -1.93. The van der Waals surface area contributed by atoms with Crippen LogP contribution in [0.1, 0.15) is 40.3 Å². The average molecular weight is 354 g/mol. The van der Waals surface area contributed by atoms with Gasteiger partial charge in [0.2, 0.25) is 5.28 Å². The standard InChI is InChI=1S/C15H20ClN5O3/c1-5-8-15(3,4)10(23-7(2)22)13(24-8)21-6-18-9-11(17)19-14(16)20-12(9)21/h6,8,10,13H,5H2,1-4H3,(H2,17,19,20)/t8-,10+,13-/m1/s1. The molecule has 2 aromatic heterocycles. The third-order valence-corrected chi connectivity index (χ3v) is 4.65. The zero-order chi connectivity index (χ0) is 17.6. The summed E-state index contributed by atoms with van der Waals surface area (Å²) in [5, 5.41) is 0.0232. The van der Waals surface area contributed by atoms with Crippen molar-refractivity contribution in [2.75, 3.05) is 5.73 Å². The molecule has 2 aromatic rings. The number of fused-ring (bicyclic) bond motifs is 1. The van der Waals surface area contributed by atoms with Gasteiger partial charge in [-0.25, -0.2) is 4.98 Å². The van der Waals surface area contributed by atoms with Crippen LogP contribution in [0.4, 0.5) is 5.82 Å². The lowest BCUT2D eigenvalue weighted by atomic mass is 9.81. The van der Waals surface area contributed by atoms with Gasteiger partial charge in [-0.1, -0.05) is 20.8 Å². The molecule has 1 saturated heterocycles. The molecule has 0 amide bonds. The molecule has 1 aliphatic heterocycles. The molecule has 130 valence electrons. The maximum Gasteiger partial charge on any atom is 0.303 e. The van der Waals surface area contributed by atoms with Crippen molar-refractivity contribution in [3.8, 4) is 0 Å². The van der Waals surface area contributed by atoms with Crippen molar-refractivity contribution in [2.45, 2.75) is 52.6 Å². The minimum absolute atomic E-state index is 0.0232. The van der Waals surface area contributed by atoms with Crippen molar-refractivity contribution in [1.29, 1.82) is 0 Å². The zero-order valence-electron chi connectivity index (χ0n) is 14.0. The molecule has 0 saturated carbocycles. The summed E-state index contributed by atoms with van der Waals surface area (Å²) in [7, 11) is 0. The molecule has 0 bridgehead atoms. The lowest BCUT2D eigenvalue weighted by Gasteiger charge is -2.30. The number of nitrogens with zero attached hydrogens (tertiary/aromatic N) is 4. The quantitative estimate of drug-likeness (QED) is 0.666. The van der Waals surface area contributed by atoms with Crippen molar-refractivity contribution in [3.63, 3.8) is 0 Å². The van der Waals surface area contributed by atoms with Crippen molar-refractivity contribution >= 4 is 34.6 Å². The van der Waals surface area contributed by atoms with Crippen molar-refractivity contribution < 1.29 is 14.3 Å². The second-order valence-corrected chi connectivity index (χ2v) is 6.81. The fourth-order valence-electron chi connectivity index (χ4n) is 3.29. The predicted molar refractivity (Wildman–Crippen MR) is 88.3 cm³/mol. The van der Waals surface area contributed by atoms with Crippen LogP contribution in [0.15, 0.2) is 6.33 Å². The Morgan fingerprint density at radius 1 is 1.50 bits per heavy atom. The summed E-state index contributed by atoms with van der Waals surface area (Å²) in [4.78, 5) is 24.0. The summed E-state index contributed by atoms with van der Waals surface area (Å²) in [6, 6.07) is 0. The monoisotopic (exact) mass is 353 g/mol. The number of nitrogens with two attached hydrogens (primary N) is 1. The number of rotatable bonds is 3. The number of carbonyl (C=O) groups is 1. The van der Waals surface area contributed by atoms with E-state index in [9.17, 15) is 4.79 Å². The van der Waals surface area contributed by atoms with Gasteiger partial charge >= 0.3 is 5.97 Å². The number of hydrogen-bond donors (Lipinski definition) is 1. The van der Waals surface area contributed by atoms with Gasteiger partial charge in [-0.2, -0.15) is 9.97 Å². The number of hydrogen-bond acceptors (Lipinski definition) is 7. The molecule has 0 unspecified atom stereocenters.